The number of carbonyl (C=O) groups excluding carboxylic acids is 1. The van der Waals surface area contributed by atoms with Gasteiger partial charge in [-0.1, -0.05) is 13.8 Å². The Kier molecular flexibility index (Phi) is 4.46. The van der Waals surface area contributed by atoms with Crippen LogP contribution in [0.4, 0.5) is 0 Å². The molecule has 0 saturated carbocycles. The van der Waals surface area contributed by atoms with Crippen LogP contribution in [0.3, 0.4) is 0 Å². The Labute approximate surface area is 120 Å². The first-order valence-electron chi connectivity index (χ1n) is 6.41. The summed E-state index contributed by atoms with van der Waals surface area (Å²) in [5.41, 5.74) is -0.226. The van der Waals surface area contributed by atoms with Crippen molar-refractivity contribution in [3.05, 3.63) is 22.7 Å². The lowest BCUT2D eigenvalue weighted by Crippen LogP contribution is -2.42. The molecule has 2 aromatic heterocycles. The van der Waals surface area contributed by atoms with Gasteiger partial charge >= 0.3 is 0 Å². The lowest BCUT2D eigenvalue weighted by molar-refractivity contribution is 0.0314. The van der Waals surface area contributed by atoms with Gasteiger partial charge in [0.05, 0.1) is 11.3 Å². The summed E-state index contributed by atoms with van der Waals surface area (Å²) in [5.74, 6) is -0.231. The topological polar surface area (TPSA) is 92.9 Å². The van der Waals surface area contributed by atoms with Gasteiger partial charge < -0.3 is 10.4 Å². The molecule has 0 spiro atoms. The second kappa shape index (κ2) is 6.10. The fourth-order valence-corrected chi connectivity index (χ4v) is 2.54. The van der Waals surface area contributed by atoms with Gasteiger partial charge in [-0.05, 0) is 34.7 Å². The summed E-state index contributed by atoms with van der Waals surface area (Å²) in [5, 5.41) is 25.6. The van der Waals surface area contributed by atoms with Crippen molar-refractivity contribution in [1.82, 2.24) is 25.5 Å². The third kappa shape index (κ3) is 3.02. The Balaban J connectivity index is 2.09. The number of nitrogens with zero attached hydrogens (tertiary/aromatic N) is 4. The molecule has 0 bridgehead atoms. The largest absolute Gasteiger partial charge is 0.388 e. The molecular weight excluding hydrogens is 278 g/mol. The Morgan fingerprint density at radius 2 is 2.25 bits per heavy atom. The maximum absolute atomic E-state index is 12.2. The van der Waals surface area contributed by atoms with Gasteiger partial charge in [0.25, 0.3) is 5.91 Å². The molecular formula is C12H17N5O2S. The van der Waals surface area contributed by atoms with Crippen LogP contribution >= 0.6 is 11.3 Å². The number of hydrogen-bond acceptors (Lipinski definition) is 6. The first-order valence-corrected chi connectivity index (χ1v) is 7.29. The van der Waals surface area contributed by atoms with Crippen molar-refractivity contribution >= 4 is 17.2 Å². The minimum Gasteiger partial charge on any atom is -0.388 e. The smallest absolute Gasteiger partial charge is 0.263 e. The standard InChI is InChI=1S/C12H17N5O2S/c1-3-12(19,4-2)7-13-11(18)10-9(5-6-20-10)17-8-14-15-16-17/h5-6,8,19H,3-4,7H2,1-2H3,(H,13,18). The molecule has 20 heavy (non-hydrogen) atoms. The number of aromatic nitrogens is 4. The lowest BCUT2D eigenvalue weighted by Gasteiger charge is -2.25. The Hall–Kier alpha value is -1.80. The van der Waals surface area contributed by atoms with Crippen LogP contribution in [0.5, 0.6) is 0 Å². The molecule has 2 heterocycles. The van der Waals surface area contributed by atoms with Crippen LogP contribution in [-0.4, -0.2) is 43.4 Å². The van der Waals surface area contributed by atoms with Crippen LogP contribution in [-0.2, 0) is 0 Å². The van der Waals surface area contributed by atoms with E-state index < -0.39 is 5.60 Å². The van der Waals surface area contributed by atoms with E-state index in [1.807, 2.05) is 13.8 Å². The normalized spacial score (nSPS) is 11.6. The van der Waals surface area contributed by atoms with Gasteiger partial charge in [-0.3, -0.25) is 4.79 Å². The summed E-state index contributed by atoms with van der Waals surface area (Å²) in [6.45, 7) is 4.02. The number of aliphatic hydroxyl groups is 1. The molecule has 0 radical (unpaired) electrons. The third-order valence-corrected chi connectivity index (χ3v) is 4.24. The molecule has 0 aliphatic carbocycles. The number of amides is 1. The number of hydrogen-bond donors (Lipinski definition) is 2. The summed E-state index contributed by atoms with van der Waals surface area (Å²) < 4.78 is 1.44. The molecule has 108 valence electrons. The first-order chi connectivity index (χ1) is 9.59. The molecule has 2 aromatic rings. The average Bonchev–Trinajstić information content (AvgIpc) is 3.13. The molecule has 2 N–H and O–H groups in total. The van der Waals surface area contributed by atoms with E-state index in [1.165, 1.54) is 22.3 Å². The summed E-state index contributed by atoms with van der Waals surface area (Å²) >= 11 is 1.31. The highest BCUT2D eigenvalue weighted by molar-refractivity contribution is 7.12. The number of thiophene rings is 1. The highest BCUT2D eigenvalue weighted by atomic mass is 32.1. The van der Waals surface area contributed by atoms with E-state index in [1.54, 1.807) is 11.4 Å². The zero-order valence-electron chi connectivity index (χ0n) is 11.4. The van der Waals surface area contributed by atoms with E-state index in [4.69, 9.17) is 0 Å². The molecule has 0 saturated heterocycles. The zero-order valence-corrected chi connectivity index (χ0v) is 12.2. The van der Waals surface area contributed by atoms with Crippen molar-refractivity contribution in [3.8, 4) is 5.69 Å². The zero-order chi connectivity index (χ0) is 14.6. The highest BCUT2D eigenvalue weighted by Crippen LogP contribution is 2.20. The van der Waals surface area contributed by atoms with E-state index in [0.717, 1.165) is 0 Å². The van der Waals surface area contributed by atoms with Gasteiger partial charge in [0.2, 0.25) is 0 Å². The van der Waals surface area contributed by atoms with E-state index >= 15 is 0 Å². The Bertz CT molecular complexity index is 562. The van der Waals surface area contributed by atoms with Crippen molar-refractivity contribution in [3.63, 3.8) is 0 Å². The molecule has 0 fully saturated rings. The van der Waals surface area contributed by atoms with Crippen molar-refractivity contribution in [2.24, 2.45) is 0 Å². The molecule has 0 aliphatic rings. The van der Waals surface area contributed by atoms with Crippen molar-refractivity contribution in [2.75, 3.05) is 6.54 Å². The van der Waals surface area contributed by atoms with Crippen LogP contribution < -0.4 is 5.32 Å². The van der Waals surface area contributed by atoms with E-state index in [9.17, 15) is 9.90 Å². The van der Waals surface area contributed by atoms with Gasteiger partial charge in [-0.15, -0.1) is 16.4 Å². The maximum atomic E-state index is 12.2. The molecule has 0 atom stereocenters. The predicted molar refractivity (Wildman–Crippen MR) is 74.9 cm³/mol. The Morgan fingerprint density at radius 1 is 1.50 bits per heavy atom. The fraction of sp³-hybridized carbons (Fsp3) is 0.500. The fourth-order valence-electron chi connectivity index (χ4n) is 1.75. The van der Waals surface area contributed by atoms with Gasteiger partial charge in [-0.25, -0.2) is 0 Å². The van der Waals surface area contributed by atoms with Crippen molar-refractivity contribution < 1.29 is 9.90 Å². The second-order valence-electron chi connectivity index (χ2n) is 4.50. The number of rotatable bonds is 6. The van der Waals surface area contributed by atoms with Crippen LogP contribution in [0.2, 0.25) is 0 Å². The second-order valence-corrected chi connectivity index (χ2v) is 5.42. The number of carbonyl (C=O) groups is 1. The van der Waals surface area contributed by atoms with E-state index in [2.05, 4.69) is 20.8 Å². The van der Waals surface area contributed by atoms with Gasteiger partial charge in [0.15, 0.2) is 0 Å². The van der Waals surface area contributed by atoms with Crippen molar-refractivity contribution in [2.45, 2.75) is 32.3 Å². The molecule has 2 rings (SSSR count). The first kappa shape index (κ1) is 14.6. The van der Waals surface area contributed by atoms with E-state index in [-0.39, 0.29) is 12.5 Å². The van der Waals surface area contributed by atoms with Gasteiger partial charge in [0, 0.05) is 6.54 Å². The molecule has 0 unspecified atom stereocenters. The van der Waals surface area contributed by atoms with Crippen molar-refractivity contribution in [1.29, 1.82) is 0 Å². The minimum atomic E-state index is -0.859. The highest BCUT2D eigenvalue weighted by Gasteiger charge is 2.24. The third-order valence-electron chi connectivity index (χ3n) is 3.34. The molecule has 1 amide bonds. The number of nitrogens with one attached hydrogen (secondary N) is 1. The quantitative estimate of drug-likeness (QED) is 0.829. The Morgan fingerprint density at radius 3 is 2.85 bits per heavy atom. The van der Waals surface area contributed by atoms with Crippen LogP contribution in [0.1, 0.15) is 36.4 Å². The average molecular weight is 295 g/mol. The summed E-state index contributed by atoms with van der Waals surface area (Å²) in [6.07, 6.45) is 2.62. The monoisotopic (exact) mass is 295 g/mol. The van der Waals surface area contributed by atoms with Gasteiger partial charge in [-0.2, -0.15) is 4.68 Å². The maximum Gasteiger partial charge on any atom is 0.263 e. The van der Waals surface area contributed by atoms with Crippen LogP contribution in [0, 0.1) is 0 Å². The molecule has 7 nitrogen and oxygen atoms in total. The summed E-state index contributed by atoms with van der Waals surface area (Å²) in [6, 6.07) is 1.78. The summed E-state index contributed by atoms with van der Waals surface area (Å²) in [7, 11) is 0. The molecule has 8 heteroatoms. The van der Waals surface area contributed by atoms with Gasteiger partial charge in [0.1, 0.15) is 11.2 Å². The van der Waals surface area contributed by atoms with Crippen LogP contribution in [0.15, 0.2) is 17.8 Å². The minimum absolute atomic E-state index is 0.228. The SMILES string of the molecule is CCC(O)(CC)CNC(=O)c1sccc1-n1cnnn1. The van der Waals surface area contributed by atoms with Crippen LogP contribution in [0.25, 0.3) is 5.69 Å². The summed E-state index contributed by atoms with van der Waals surface area (Å²) in [4.78, 5) is 12.7. The molecule has 0 aromatic carbocycles. The number of tetrazole rings is 1. The predicted octanol–water partition coefficient (Wildman–Crippen LogP) is 1.00. The molecule has 0 aliphatic heterocycles. The lowest BCUT2D eigenvalue weighted by atomic mass is 9.97. The van der Waals surface area contributed by atoms with E-state index in [0.29, 0.717) is 23.4 Å².